The first kappa shape index (κ1) is 27.4. The van der Waals surface area contributed by atoms with Crippen LogP contribution in [0.4, 0.5) is 11.4 Å². The Morgan fingerprint density at radius 3 is 1.02 bits per heavy atom. The average Bonchev–Trinajstić information content (AvgIpc) is 3.54. The third kappa shape index (κ3) is 5.71. The van der Waals surface area contributed by atoms with Gasteiger partial charge in [0.05, 0.1) is 11.4 Å². The van der Waals surface area contributed by atoms with E-state index in [1.807, 2.05) is 55.5 Å². The van der Waals surface area contributed by atoms with Gasteiger partial charge in [-0.3, -0.25) is 19.2 Å². The first-order valence-corrected chi connectivity index (χ1v) is 13.4. The van der Waals surface area contributed by atoms with E-state index in [-0.39, 0.29) is 29.5 Å². The van der Waals surface area contributed by atoms with Gasteiger partial charge in [0.25, 0.3) is 23.6 Å². The molecule has 8 heteroatoms. The van der Waals surface area contributed by atoms with Gasteiger partial charge >= 0.3 is 0 Å². The lowest BCUT2D eigenvalue weighted by Crippen LogP contribution is -2.29. The van der Waals surface area contributed by atoms with Crippen LogP contribution >= 0.6 is 0 Å². The lowest BCUT2D eigenvalue weighted by Gasteiger charge is -2.17. The van der Waals surface area contributed by atoms with E-state index in [2.05, 4.69) is 6.42 Å². The lowest BCUT2D eigenvalue weighted by molar-refractivity contribution is -0.121. The van der Waals surface area contributed by atoms with E-state index in [1.165, 1.54) is 24.3 Å². The van der Waals surface area contributed by atoms with Crippen molar-refractivity contribution in [2.45, 2.75) is 12.8 Å². The van der Waals surface area contributed by atoms with Crippen LogP contribution in [0.1, 0.15) is 24.0 Å². The Morgan fingerprint density at radius 1 is 0.465 bits per heavy atom. The van der Waals surface area contributed by atoms with Crippen LogP contribution in [-0.4, -0.2) is 23.6 Å². The van der Waals surface area contributed by atoms with Crippen molar-refractivity contribution in [1.29, 1.82) is 0 Å². The first-order chi connectivity index (χ1) is 20.9. The summed E-state index contributed by atoms with van der Waals surface area (Å²) in [5.41, 5.74) is 3.04. The molecule has 210 valence electrons. The van der Waals surface area contributed by atoms with Gasteiger partial charge in [-0.25, -0.2) is 9.80 Å². The highest BCUT2D eigenvalue weighted by atomic mass is 16.5. The molecule has 0 bridgehead atoms. The molecule has 0 atom stereocenters. The summed E-state index contributed by atoms with van der Waals surface area (Å²) < 4.78 is 11.9. The van der Waals surface area contributed by atoms with Gasteiger partial charge in [0, 0.05) is 30.2 Å². The first-order valence-electron chi connectivity index (χ1n) is 13.4. The number of amides is 4. The highest BCUT2D eigenvalue weighted by molar-refractivity contribution is 6.28. The van der Waals surface area contributed by atoms with Crippen LogP contribution in [0.5, 0.6) is 23.0 Å². The summed E-state index contributed by atoms with van der Waals surface area (Å²) in [5, 5.41) is 0. The summed E-state index contributed by atoms with van der Waals surface area (Å²) in [6, 6.07) is 29.0. The topological polar surface area (TPSA) is 93.2 Å². The van der Waals surface area contributed by atoms with Crippen molar-refractivity contribution in [2.75, 3.05) is 9.80 Å². The molecule has 0 fully saturated rings. The van der Waals surface area contributed by atoms with Crippen LogP contribution in [-0.2, 0) is 19.2 Å². The predicted octanol–water partition coefficient (Wildman–Crippen LogP) is 6.36. The van der Waals surface area contributed by atoms with E-state index in [0.29, 0.717) is 34.4 Å². The maximum absolute atomic E-state index is 11.9. The molecule has 2 radical (unpaired) electrons. The van der Waals surface area contributed by atoms with E-state index in [1.54, 1.807) is 48.5 Å². The second-order valence-electron chi connectivity index (χ2n) is 9.74. The summed E-state index contributed by atoms with van der Waals surface area (Å²) in [6.45, 7) is 1.89. The minimum absolute atomic E-state index is 0.0741. The quantitative estimate of drug-likeness (QED) is 0.218. The molecule has 0 aliphatic carbocycles. The number of carbonyl (C=O) groups excluding carboxylic acids is 4. The third-order valence-corrected chi connectivity index (χ3v) is 7.00. The standard InChI is InChI=1S/C35H24N2O6/c1-2-31(23-3-11-27(12-4-23)42-29-15-7-25(8-16-29)36-32(38)19-20-33(36)39)24-5-13-28(14-6-24)43-30-17-9-26(10-18-30)37-34(40)21-22-35(37)41/h3-22,31H,1H3. The highest BCUT2D eigenvalue weighted by Crippen LogP contribution is 2.33. The zero-order valence-corrected chi connectivity index (χ0v) is 23.0. The summed E-state index contributed by atoms with van der Waals surface area (Å²) in [7, 11) is 0. The maximum Gasteiger partial charge on any atom is 0.258 e. The second-order valence-corrected chi connectivity index (χ2v) is 9.74. The zero-order valence-electron chi connectivity index (χ0n) is 23.0. The molecule has 0 N–H and O–H groups in total. The number of nitrogens with zero attached hydrogens (tertiary/aromatic N) is 2. The summed E-state index contributed by atoms with van der Waals surface area (Å²) in [4.78, 5) is 49.8. The Balaban J connectivity index is 1.08. The normalized spacial score (nSPS) is 14.4. The fourth-order valence-electron chi connectivity index (χ4n) is 4.89. The molecule has 0 unspecified atom stereocenters. The highest BCUT2D eigenvalue weighted by Gasteiger charge is 2.26. The molecule has 0 spiro atoms. The Bertz CT molecular complexity index is 1590. The molecule has 4 aromatic carbocycles. The van der Waals surface area contributed by atoms with Crippen molar-refractivity contribution in [1.82, 2.24) is 0 Å². The second kappa shape index (κ2) is 11.6. The number of hydrogen-bond acceptors (Lipinski definition) is 6. The molecule has 0 aromatic heterocycles. The van der Waals surface area contributed by atoms with Crippen LogP contribution in [0.3, 0.4) is 0 Å². The van der Waals surface area contributed by atoms with Crippen LogP contribution in [0.2, 0.25) is 0 Å². The molecular weight excluding hydrogens is 544 g/mol. The molecule has 8 nitrogen and oxygen atoms in total. The number of hydrogen-bond donors (Lipinski definition) is 0. The number of imide groups is 2. The van der Waals surface area contributed by atoms with Gasteiger partial charge in [-0.15, -0.1) is 0 Å². The van der Waals surface area contributed by atoms with Crippen molar-refractivity contribution in [3.63, 3.8) is 0 Å². The Morgan fingerprint density at radius 2 is 0.744 bits per heavy atom. The van der Waals surface area contributed by atoms with E-state index < -0.39 is 0 Å². The number of carbonyl (C=O) groups is 4. The van der Waals surface area contributed by atoms with E-state index in [0.717, 1.165) is 20.9 Å². The Kier molecular flexibility index (Phi) is 7.41. The van der Waals surface area contributed by atoms with E-state index in [9.17, 15) is 19.2 Å². The van der Waals surface area contributed by atoms with Crippen LogP contribution in [0, 0.1) is 6.42 Å². The van der Waals surface area contributed by atoms with Gasteiger partial charge in [0.2, 0.25) is 0 Å². The average molecular weight is 569 g/mol. The summed E-state index contributed by atoms with van der Waals surface area (Å²) in [5.74, 6) is 0.909. The number of ether oxygens (including phenoxy) is 2. The van der Waals surface area contributed by atoms with Crippen molar-refractivity contribution in [3.8, 4) is 23.0 Å². The van der Waals surface area contributed by atoms with Crippen molar-refractivity contribution >= 4 is 35.0 Å². The van der Waals surface area contributed by atoms with Gasteiger partial charge < -0.3 is 9.47 Å². The molecule has 0 saturated carbocycles. The molecule has 2 aliphatic rings. The van der Waals surface area contributed by atoms with Gasteiger partial charge in [-0.2, -0.15) is 0 Å². The van der Waals surface area contributed by atoms with E-state index >= 15 is 0 Å². The summed E-state index contributed by atoms with van der Waals surface area (Å²) in [6.07, 6.45) is 8.34. The Hall–Kier alpha value is -5.76. The Labute approximate surface area is 248 Å². The lowest BCUT2D eigenvalue weighted by atomic mass is 9.89. The number of anilines is 2. The molecule has 2 heterocycles. The third-order valence-electron chi connectivity index (χ3n) is 7.00. The van der Waals surface area contributed by atoms with Gasteiger partial charge in [-0.05, 0) is 90.3 Å². The van der Waals surface area contributed by atoms with Crippen molar-refractivity contribution < 1.29 is 28.7 Å². The smallest absolute Gasteiger partial charge is 0.258 e. The molecule has 4 aromatic rings. The van der Waals surface area contributed by atoms with E-state index in [4.69, 9.17) is 9.47 Å². The number of rotatable bonds is 9. The molecular formula is C35H24N2O6. The predicted molar refractivity (Wildman–Crippen MR) is 160 cm³/mol. The van der Waals surface area contributed by atoms with Gasteiger partial charge in [-0.1, -0.05) is 31.2 Å². The molecule has 6 rings (SSSR count). The van der Waals surface area contributed by atoms with Gasteiger partial charge in [0.1, 0.15) is 23.0 Å². The maximum atomic E-state index is 11.9. The number of benzene rings is 4. The molecule has 0 saturated heterocycles. The van der Waals surface area contributed by atoms with Crippen LogP contribution in [0.15, 0.2) is 121 Å². The fraction of sp³-hybridized carbons (Fsp3) is 0.0571. The molecule has 4 amide bonds. The van der Waals surface area contributed by atoms with Crippen molar-refractivity contribution in [3.05, 3.63) is 139 Å². The largest absolute Gasteiger partial charge is 0.457 e. The zero-order chi connectivity index (χ0) is 29.9. The fourth-order valence-corrected chi connectivity index (χ4v) is 4.89. The van der Waals surface area contributed by atoms with Crippen molar-refractivity contribution in [2.24, 2.45) is 0 Å². The summed E-state index contributed by atoms with van der Waals surface area (Å²) >= 11 is 0. The molecule has 43 heavy (non-hydrogen) atoms. The monoisotopic (exact) mass is 568 g/mol. The minimum Gasteiger partial charge on any atom is -0.457 e. The van der Waals surface area contributed by atoms with Crippen LogP contribution < -0.4 is 19.3 Å². The molecule has 2 aliphatic heterocycles. The SMILES string of the molecule is C[C]C(c1ccc(Oc2ccc(N3C(=O)C=CC3=O)cc2)cc1)c1ccc(Oc2ccc(N3C(=O)C=CC3=O)cc2)cc1. The van der Waals surface area contributed by atoms with Gasteiger partial charge in [0.15, 0.2) is 0 Å². The van der Waals surface area contributed by atoms with Crippen LogP contribution in [0.25, 0.3) is 0 Å². The minimum atomic E-state index is -0.365.